The summed E-state index contributed by atoms with van der Waals surface area (Å²) in [4.78, 5) is 13.3. The van der Waals surface area contributed by atoms with E-state index in [0.29, 0.717) is 23.2 Å². The van der Waals surface area contributed by atoms with Crippen LogP contribution >= 0.6 is 11.6 Å². The van der Waals surface area contributed by atoms with Crippen LogP contribution < -0.4 is 15.4 Å². The van der Waals surface area contributed by atoms with Gasteiger partial charge in [-0.15, -0.1) is 0 Å². The van der Waals surface area contributed by atoms with Crippen molar-refractivity contribution in [3.63, 3.8) is 0 Å². The number of halogens is 1. The fraction of sp³-hybridized carbons (Fsp3) is 0.229. The van der Waals surface area contributed by atoms with Crippen LogP contribution in [0.5, 0.6) is 11.8 Å². The molecule has 0 radical (unpaired) electrons. The molecule has 2 atom stereocenters. The van der Waals surface area contributed by atoms with E-state index in [4.69, 9.17) is 36.8 Å². The van der Waals surface area contributed by atoms with Gasteiger partial charge in [0.2, 0.25) is 11.8 Å². The molecule has 0 saturated heterocycles. The fourth-order valence-electron chi connectivity index (χ4n) is 5.81. The highest BCUT2D eigenvalue weighted by Gasteiger charge is 2.46. The number of nitrogens with zero attached hydrogens (tertiary/aromatic N) is 2. The highest BCUT2D eigenvalue weighted by Crippen LogP contribution is 2.51. The number of rotatable bonds is 11. The van der Waals surface area contributed by atoms with E-state index in [9.17, 15) is 0 Å². The van der Waals surface area contributed by atoms with Gasteiger partial charge in [0.15, 0.2) is 0 Å². The van der Waals surface area contributed by atoms with Crippen LogP contribution in [-0.4, -0.2) is 44.7 Å². The first kappa shape index (κ1) is 29.5. The SMILES string of the molecule is COc1nc(OC)c(C(c2ccccc2)C(CCN(C)C)(ON)c2cccc3ccccc23)cc1-c1ccc(Cl)cc1. The van der Waals surface area contributed by atoms with E-state index in [2.05, 4.69) is 67.5 Å². The molecule has 0 bridgehead atoms. The lowest BCUT2D eigenvalue weighted by Crippen LogP contribution is -2.42. The molecule has 5 rings (SSSR count). The van der Waals surface area contributed by atoms with Crippen LogP contribution in [0.15, 0.2) is 103 Å². The summed E-state index contributed by atoms with van der Waals surface area (Å²) in [6.07, 6.45) is 0.593. The van der Waals surface area contributed by atoms with Crippen LogP contribution in [0.25, 0.3) is 21.9 Å². The van der Waals surface area contributed by atoms with Crippen LogP contribution in [0, 0.1) is 0 Å². The second kappa shape index (κ2) is 12.9. The van der Waals surface area contributed by atoms with Gasteiger partial charge in [-0.3, -0.25) is 4.84 Å². The van der Waals surface area contributed by atoms with E-state index in [1.807, 2.05) is 54.6 Å². The number of hydrogen-bond donors (Lipinski definition) is 1. The topological polar surface area (TPSA) is 69.8 Å². The minimum Gasteiger partial charge on any atom is -0.481 e. The Labute approximate surface area is 252 Å². The molecule has 42 heavy (non-hydrogen) atoms. The summed E-state index contributed by atoms with van der Waals surface area (Å²) in [6, 6.07) is 34.6. The zero-order valence-electron chi connectivity index (χ0n) is 24.4. The van der Waals surface area contributed by atoms with E-state index in [-0.39, 0.29) is 0 Å². The smallest absolute Gasteiger partial charge is 0.224 e. The van der Waals surface area contributed by atoms with Gasteiger partial charge >= 0.3 is 0 Å². The van der Waals surface area contributed by atoms with Crippen molar-refractivity contribution in [1.29, 1.82) is 0 Å². The number of pyridine rings is 1. The Bertz CT molecular complexity index is 1640. The number of methoxy groups -OCH3 is 2. The Hall–Kier alpha value is -3.94. The van der Waals surface area contributed by atoms with Gasteiger partial charge in [-0.05, 0) is 66.2 Å². The van der Waals surface area contributed by atoms with Gasteiger partial charge in [-0.25, -0.2) is 5.90 Å². The molecule has 0 aliphatic heterocycles. The molecule has 5 aromatic rings. The Morgan fingerprint density at radius 3 is 2.17 bits per heavy atom. The molecule has 6 nitrogen and oxygen atoms in total. The third-order valence-electron chi connectivity index (χ3n) is 7.82. The van der Waals surface area contributed by atoms with Crippen LogP contribution in [-0.2, 0) is 10.4 Å². The zero-order valence-corrected chi connectivity index (χ0v) is 25.1. The third kappa shape index (κ3) is 5.72. The van der Waals surface area contributed by atoms with Crippen molar-refractivity contribution in [1.82, 2.24) is 9.88 Å². The predicted octanol–water partition coefficient (Wildman–Crippen LogP) is 7.44. The van der Waals surface area contributed by atoms with Crippen LogP contribution in [0.3, 0.4) is 0 Å². The number of fused-ring (bicyclic) bond motifs is 1. The minimum atomic E-state index is -1.01. The fourth-order valence-corrected chi connectivity index (χ4v) is 5.94. The van der Waals surface area contributed by atoms with Crippen molar-refractivity contribution in [3.05, 3.63) is 125 Å². The highest BCUT2D eigenvalue weighted by molar-refractivity contribution is 6.30. The first-order chi connectivity index (χ1) is 20.4. The molecule has 1 aromatic heterocycles. The molecular weight excluding hydrogens is 546 g/mol. The van der Waals surface area contributed by atoms with Gasteiger partial charge in [0.25, 0.3) is 0 Å². The molecule has 1 heterocycles. The van der Waals surface area contributed by atoms with E-state index >= 15 is 0 Å². The zero-order chi connectivity index (χ0) is 29.7. The van der Waals surface area contributed by atoms with Crippen molar-refractivity contribution in [2.24, 2.45) is 5.90 Å². The maximum Gasteiger partial charge on any atom is 0.224 e. The third-order valence-corrected chi connectivity index (χ3v) is 8.07. The van der Waals surface area contributed by atoms with Gasteiger partial charge in [0, 0.05) is 28.6 Å². The molecule has 0 aliphatic rings. The molecule has 2 N–H and O–H groups in total. The first-order valence-corrected chi connectivity index (χ1v) is 14.2. The Morgan fingerprint density at radius 1 is 0.833 bits per heavy atom. The van der Waals surface area contributed by atoms with Crippen molar-refractivity contribution < 1.29 is 14.3 Å². The summed E-state index contributed by atoms with van der Waals surface area (Å²) >= 11 is 6.24. The molecule has 2 unspecified atom stereocenters. The maximum absolute atomic E-state index is 6.49. The number of nitrogens with two attached hydrogens (primary N) is 1. The first-order valence-electron chi connectivity index (χ1n) is 13.9. The standard InChI is InChI=1S/C35H36ClN3O3/c1-39(2)22-21-35(42-37,31-16-10-14-24-11-8-9-15-28(24)31)32(26-12-6-5-7-13-26)30-23-29(25-17-19-27(36)20-18-25)33(40-3)38-34(30)41-4/h5-20,23,32H,21-22,37H2,1-4H3. The number of ether oxygens (including phenoxy) is 2. The second-order valence-electron chi connectivity index (χ2n) is 10.6. The maximum atomic E-state index is 6.49. The number of hydrogen-bond acceptors (Lipinski definition) is 6. The lowest BCUT2D eigenvalue weighted by molar-refractivity contribution is -0.0747. The van der Waals surface area contributed by atoms with Crippen LogP contribution in [0.4, 0.5) is 0 Å². The summed E-state index contributed by atoms with van der Waals surface area (Å²) in [5.74, 6) is 6.96. The quantitative estimate of drug-likeness (QED) is 0.163. The van der Waals surface area contributed by atoms with E-state index in [1.165, 1.54) is 0 Å². The molecule has 0 fully saturated rings. The van der Waals surface area contributed by atoms with Gasteiger partial charge in [0.05, 0.1) is 14.2 Å². The van der Waals surface area contributed by atoms with Crippen molar-refractivity contribution in [2.45, 2.75) is 17.9 Å². The van der Waals surface area contributed by atoms with Gasteiger partial charge in [-0.1, -0.05) is 96.5 Å². The molecule has 4 aromatic carbocycles. The Morgan fingerprint density at radius 2 is 1.50 bits per heavy atom. The van der Waals surface area contributed by atoms with Crippen molar-refractivity contribution in [3.8, 4) is 22.9 Å². The average molecular weight is 582 g/mol. The number of benzene rings is 4. The monoisotopic (exact) mass is 581 g/mol. The molecule has 0 saturated carbocycles. The van der Waals surface area contributed by atoms with E-state index < -0.39 is 11.5 Å². The van der Waals surface area contributed by atoms with Gasteiger partial charge in [0.1, 0.15) is 5.60 Å². The van der Waals surface area contributed by atoms with Gasteiger partial charge in [-0.2, -0.15) is 4.98 Å². The predicted molar refractivity (Wildman–Crippen MR) is 170 cm³/mol. The van der Waals surface area contributed by atoms with Gasteiger partial charge < -0.3 is 14.4 Å². The van der Waals surface area contributed by atoms with Crippen molar-refractivity contribution >= 4 is 22.4 Å². The van der Waals surface area contributed by atoms with E-state index in [1.54, 1.807) is 14.2 Å². The van der Waals surface area contributed by atoms with Crippen LogP contribution in [0.2, 0.25) is 5.02 Å². The molecule has 0 amide bonds. The summed E-state index contributed by atoms with van der Waals surface area (Å²) in [5, 5.41) is 2.83. The summed E-state index contributed by atoms with van der Waals surface area (Å²) in [5.41, 5.74) is 3.55. The lowest BCUT2D eigenvalue weighted by Gasteiger charge is -2.41. The number of aromatic nitrogens is 1. The summed E-state index contributed by atoms with van der Waals surface area (Å²) < 4.78 is 11.7. The summed E-state index contributed by atoms with van der Waals surface area (Å²) in [7, 11) is 7.33. The Kier molecular flexibility index (Phi) is 9.09. The highest BCUT2D eigenvalue weighted by atomic mass is 35.5. The lowest BCUT2D eigenvalue weighted by atomic mass is 9.70. The molecule has 0 spiro atoms. The van der Waals surface area contributed by atoms with E-state index in [0.717, 1.165) is 45.1 Å². The largest absolute Gasteiger partial charge is 0.481 e. The van der Waals surface area contributed by atoms with Crippen LogP contribution in [0.1, 0.15) is 29.0 Å². The second-order valence-corrected chi connectivity index (χ2v) is 11.0. The molecule has 216 valence electrons. The normalized spacial score (nSPS) is 13.6. The summed E-state index contributed by atoms with van der Waals surface area (Å²) in [6.45, 7) is 0.722. The molecule has 0 aliphatic carbocycles. The average Bonchev–Trinajstić information content (AvgIpc) is 3.03. The minimum absolute atomic E-state index is 0.408. The molecular formula is C35H36ClN3O3. The Balaban J connectivity index is 1.87. The van der Waals surface area contributed by atoms with Crippen molar-refractivity contribution in [2.75, 3.05) is 34.9 Å². The molecule has 7 heteroatoms.